The number of hydrogen-bond acceptors (Lipinski definition) is 3. The van der Waals surface area contributed by atoms with E-state index < -0.39 is 11.8 Å². The Morgan fingerprint density at radius 2 is 2.25 bits per heavy atom. The highest BCUT2D eigenvalue weighted by Gasteiger charge is 2.04. The van der Waals surface area contributed by atoms with Gasteiger partial charge in [-0.15, -0.1) is 0 Å². The lowest BCUT2D eigenvalue weighted by molar-refractivity contribution is -0.131. The fourth-order valence-corrected chi connectivity index (χ4v) is 1.55. The number of aromatic nitrogens is 1. The number of benzene rings is 1. The minimum absolute atomic E-state index is 0.112. The van der Waals surface area contributed by atoms with Crippen LogP contribution < -0.4 is 4.74 Å². The molecule has 0 amide bonds. The summed E-state index contributed by atoms with van der Waals surface area (Å²) in [6.07, 6.45) is 5.55. The van der Waals surface area contributed by atoms with E-state index in [1.165, 1.54) is 18.2 Å². The lowest BCUT2D eigenvalue weighted by Crippen LogP contribution is -1.98. The van der Waals surface area contributed by atoms with Crippen LogP contribution in [0.3, 0.4) is 0 Å². The van der Waals surface area contributed by atoms with Crippen LogP contribution >= 0.6 is 0 Å². The first kappa shape index (κ1) is 13.7. The number of carboxylic acid groups (broad SMARTS) is 1. The predicted molar refractivity (Wildman–Crippen MR) is 71.6 cm³/mol. The van der Waals surface area contributed by atoms with Gasteiger partial charge in [0.15, 0.2) is 11.6 Å². The third-order valence-corrected chi connectivity index (χ3v) is 2.49. The first-order valence-electron chi connectivity index (χ1n) is 5.87. The quantitative estimate of drug-likeness (QED) is 0.851. The molecule has 5 heteroatoms. The monoisotopic (exact) mass is 273 g/mol. The van der Waals surface area contributed by atoms with Crippen LogP contribution in [-0.4, -0.2) is 16.1 Å². The molecule has 0 aliphatic rings. The van der Waals surface area contributed by atoms with Gasteiger partial charge in [0.05, 0.1) is 0 Å². The van der Waals surface area contributed by atoms with Crippen molar-refractivity contribution >= 4 is 12.0 Å². The third kappa shape index (κ3) is 3.91. The topological polar surface area (TPSA) is 59.4 Å². The van der Waals surface area contributed by atoms with E-state index in [4.69, 9.17) is 9.84 Å². The van der Waals surface area contributed by atoms with Gasteiger partial charge in [-0.25, -0.2) is 9.18 Å². The van der Waals surface area contributed by atoms with E-state index in [-0.39, 0.29) is 12.4 Å². The summed E-state index contributed by atoms with van der Waals surface area (Å²) in [5, 5.41) is 8.50. The van der Waals surface area contributed by atoms with Crippen molar-refractivity contribution in [1.29, 1.82) is 0 Å². The summed E-state index contributed by atoms with van der Waals surface area (Å²) in [6.45, 7) is 0.217. The lowest BCUT2D eigenvalue weighted by atomic mass is 10.2. The van der Waals surface area contributed by atoms with Gasteiger partial charge in [0.1, 0.15) is 6.61 Å². The summed E-state index contributed by atoms with van der Waals surface area (Å²) >= 11 is 0. The second-order valence-electron chi connectivity index (χ2n) is 4.01. The van der Waals surface area contributed by atoms with E-state index in [1.807, 2.05) is 6.07 Å². The standard InChI is InChI=1S/C15H12FNO3/c16-13-8-11(4-6-15(18)19)3-5-14(13)20-10-12-2-1-7-17-9-12/h1-9H,10H2,(H,18,19)/b6-4+. The number of rotatable bonds is 5. The molecule has 0 saturated carbocycles. The van der Waals surface area contributed by atoms with Crippen molar-refractivity contribution in [3.63, 3.8) is 0 Å². The Hall–Kier alpha value is -2.69. The molecule has 20 heavy (non-hydrogen) atoms. The Balaban J connectivity index is 2.04. The molecule has 0 bridgehead atoms. The smallest absolute Gasteiger partial charge is 0.328 e. The zero-order chi connectivity index (χ0) is 14.4. The predicted octanol–water partition coefficient (Wildman–Crippen LogP) is 2.90. The second-order valence-corrected chi connectivity index (χ2v) is 4.01. The number of aliphatic carboxylic acids is 1. The Labute approximate surface area is 115 Å². The van der Waals surface area contributed by atoms with Crippen molar-refractivity contribution in [3.05, 3.63) is 65.7 Å². The number of hydrogen-bond donors (Lipinski definition) is 1. The molecule has 4 nitrogen and oxygen atoms in total. The number of carboxylic acids is 1. The van der Waals surface area contributed by atoms with Crippen molar-refractivity contribution < 1.29 is 19.0 Å². The minimum atomic E-state index is -1.08. The van der Waals surface area contributed by atoms with E-state index in [0.717, 1.165) is 11.6 Å². The van der Waals surface area contributed by atoms with E-state index in [1.54, 1.807) is 24.5 Å². The highest BCUT2D eigenvalue weighted by atomic mass is 19.1. The maximum atomic E-state index is 13.8. The molecule has 0 radical (unpaired) electrons. The number of ether oxygens (including phenoxy) is 1. The van der Waals surface area contributed by atoms with E-state index in [0.29, 0.717) is 5.56 Å². The van der Waals surface area contributed by atoms with Gasteiger partial charge in [0, 0.05) is 24.0 Å². The van der Waals surface area contributed by atoms with Gasteiger partial charge in [-0.3, -0.25) is 4.98 Å². The van der Waals surface area contributed by atoms with Gasteiger partial charge in [-0.05, 0) is 29.8 Å². The van der Waals surface area contributed by atoms with Crippen molar-refractivity contribution in [2.45, 2.75) is 6.61 Å². The lowest BCUT2D eigenvalue weighted by Gasteiger charge is -2.07. The average molecular weight is 273 g/mol. The summed E-state index contributed by atoms with van der Waals surface area (Å²) < 4.78 is 19.1. The number of pyridine rings is 1. The molecule has 0 spiro atoms. The van der Waals surface area contributed by atoms with Gasteiger partial charge in [0.2, 0.25) is 0 Å². The normalized spacial score (nSPS) is 10.7. The SMILES string of the molecule is O=C(O)/C=C/c1ccc(OCc2cccnc2)c(F)c1. The average Bonchev–Trinajstić information content (AvgIpc) is 2.45. The van der Waals surface area contributed by atoms with Crippen LogP contribution in [0.5, 0.6) is 5.75 Å². The molecule has 1 N–H and O–H groups in total. The molecule has 1 aromatic heterocycles. The molecule has 2 rings (SSSR count). The first-order valence-corrected chi connectivity index (χ1v) is 5.87. The van der Waals surface area contributed by atoms with Gasteiger partial charge in [0.25, 0.3) is 0 Å². The Bertz CT molecular complexity index is 626. The summed E-state index contributed by atoms with van der Waals surface area (Å²) in [7, 11) is 0. The fraction of sp³-hybridized carbons (Fsp3) is 0.0667. The summed E-state index contributed by atoms with van der Waals surface area (Å²) in [4.78, 5) is 14.3. The van der Waals surface area contributed by atoms with Crippen molar-refractivity contribution in [2.24, 2.45) is 0 Å². The molecule has 0 unspecified atom stereocenters. The highest BCUT2D eigenvalue weighted by Crippen LogP contribution is 2.20. The van der Waals surface area contributed by atoms with Crippen LogP contribution in [0.1, 0.15) is 11.1 Å². The van der Waals surface area contributed by atoms with Gasteiger partial charge >= 0.3 is 5.97 Å². The molecule has 0 aliphatic heterocycles. The molecule has 2 aromatic rings. The molecule has 1 aromatic carbocycles. The molecular formula is C15H12FNO3. The van der Waals surface area contributed by atoms with Gasteiger partial charge < -0.3 is 9.84 Å². The summed E-state index contributed by atoms with van der Waals surface area (Å²) in [6, 6.07) is 7.87. The minimum Gasteiger partial charge on any atom is -0.486 e. The molecule has 0 aliphatic carbocycles. The molecular weight excluding hydrogens is 261 g/mol. The molecule has 1 heterocycles. The third-order valence-electron chi connectivity index (χ3n) is 2.49. The van der Waals surface area contributed by atoms with Crippen molar-refractivity contribution in [3.8, 4) is 5.75 Å². The first-order chi connectivity index (χ1) is 9.65. The number of carbonyl (C=O) groups is 1. The Morgan fingerprint density at radius 3 is 2.90 bits per heavy atom. The second kappa shape index (κ2) is 6.47. The highest BCUT2D eigenvalue weighted by molar-refractivity contribution is 5.85. The van der Waals surface area contributed by atoms with Crippen LogP contribution in [0.15, 0.2) is 48.8 Å². The Kier molecular flexibility index (Phi) is 4.44. The van der Waals surface area contributed by atoms with Crippen molar-refractivity contribution in [1.82, 2.24) is 4.98 Å². The van der Waals surface area contributed by atoms with Crippen LogP contribution in [0, 0.1) is 5.82 Å². The summed E-state index contributed by atoms with van der Waals surface area (Å²) in [5.74, 6) is -1.51. The van der Waals surface area contributed by atoms with Crippen LogP contribution in [0.4, 0.5) is 4.39 Å². The van der Waals surface area contributed by atoms with Gasteiger partial charge in [-0.2, -0.15) is 0 Å². The molecule has 0 saturated heterocycles. The zero-order valence-corrected chi connectivity index (χ0v) is 10.5. The number of halogens is 1. The van der Waals surface area contributed by atoms with Crippen LogP contribution in [0.2, 0.25) is 0 Å². The zero-order valence-electron chi connectivity index (χ0n) is 10.5. The molecule has 102 valence electrons. The van der Waals surface area contributed by atoms with Crippen LogP contribution in [0.25, 0.3) is 6.08 Å². The maximum Gasteiger partial charge on any atom is 0.328 e. The van der Waals surface area contributed by atoms with E-state index in [2.05, 4.69) is 4.98 Å². The van der Waals surface area contributed by atoms with Gasteiger partial charge in [-0.1, -0.05) is 12.1 Å². The molecule has 0 fully saturated rings. The van der Waals surface area contributed by atoms with E-state index >= 15 is 0 Å². The maximum absolute atomic E-state index is 13.8. The summed E-state index contributed by atoms with van der Waals surface area (Å²) in [5.41, 5.74) is 1.29. The largest absolute Gasteiger partial charge is 0.486 e. The van der Waals surface area contributed by atoms with Crippen LogP contribution in [-0.2, 0) is 11.4 Å². The fourth-order valence-electron chi connectivity index (χ4n) is 1.55. The Morgan fingerprint density at radius 1 is 1.40 bits per heavy atom. The van der Waals surface area contributed by atoms with Crippen molar-refractivity contribution in [2.75, 3.05) is 0 Å². The molecule has 0 atom stereocenters. The number of nitrogens with zero attached hydrogens (tertiary/aromatic N) is 1. The van der Waals surface area contributed by atoms with E-state index in [9.17, 15) is 9.18 Å².